The number of rotatable bonds is 5. The highest BCUT2D eigenvalue weighted by Gasteiger charge is 2.35. The molecule has 0 aliphatic carbocycles. The molecule has 1 rings (SSSR count). The number of primary amides is 1. The van der Waals surface area contributed by atoms with E-state index in [1.54, 1.807) is 0 Å². The smallest absolute Gasteiger partial charge is 0.419 e. The molecule has 1 aromatic carbocycles. The zero-order valence-corrected chi connectivity index (χ0v) is 11.3. The topological polar surface area (TPSA) is 78.3 Å². The molecule has 20 heavy (non-hydrogen) atoms. The molecule has 110 valence electrons. The summed E-state index contributed by atoms with van der Waals surface area (Å²) in [4.78, 5) is 10.7. The van der Waals surface area contributed by atoms with Crippen LogP contribution in [0.4, 0.5) is 13.2 Å². The van der Waals surface area contributed by atoms with Crippen LogP contribution in [-0.2, 0) is 11.0 Å². The molecule has 0 radical (unpaired) electrons. The van der Waals surface area contributed by atoms with Crippen molar-refractivity contribution in [3.8, 4) is 5.75 Å². The molecular weight excluding hydrogens is 293 g/mol. The van der Waals surface area contributed by atoms with Crippen LogP contribution in [0.3, 0.4) is 0 Å². The second kappa shape index (κ2) is 6.08. The lowest BCUT2D eigenvalue weighted by Crippen LogP contribution is -2.26. The minimum atomic E-state index is -4.62. The number of ether oxygens (including phenoxy) is 1. The third-order valence-electron chi connectivity index (χ3n) is 2.54. The number of thiocarbonyl (C=S) groups is 1. The van der Waals surface area contributed by atoms with E-state index >= 15 is 0 Å². The van der Waals surface area contributed by atoms with E-state index in [2.05, 4.69) is 12.2 Å². The van der Waals surface area contributed by atoms with Crippen molar-refractivity contribution in [1.29, 1.82) is 0 Å². The second-order valence-corrected chi connectivity index (χ2v) is 4.63. The SMILES string of the molecule is CC(COc1ccc(C(N)=S)cc1C(F)(F)F)C(N)=O. The van der Waals surface area contributed by atoms with E-state index in [-0.39, 0.29) is 17.2 Å². The zero-order valence-electron chi connectivity index (χ0n) is 10.5. The summed E-state index contributed by atoms with van der Waals surface area (Å²) in [6.45, 7) is 1.21. The lowest BCUT2D eigenvalue weighted by molar-refractivity contribution is -0.139. The third kappa shape index (κ3) is 4.09. The first kappa shape index (κ1) is 16.2. The van der Waals surface area contributed by atoms with Gasteiger partial charge in [-0.3, -0.25) is 4.79 Å². The molecule has 4 N–H and O–H groups in total. The molecule has 0 aliphatic heterocycles. The second-order valence-electron chi connectivity index (χ2n) is 4.19. The number of hydrogen-bond donors (Lipinski definition) is 2. The fourth-order valence-electron chi connectivity index (χ4n) is 1.33. The Kier molecular flexibility index (Phi) is 4.93. The van der Waals surface area contributed by atoms with E-state index in [4.69, 9.17) is 16.2 Å². The van der Waals surface area contributed by atoms with Gasteiger partial charge in [-0.15, -0.1) is 0 Å². The first-order valence-corrected chi connectivity index (χ1v) is 5.97. The van der Waals surface area contributed by atoms with E-state index in [0.29, 0.717) is 0 Å². The number of alkyl halides is 3. The van der Waals surface area contributed by atoms with Gasteiger partial charge in [0.05, 0.1) is 18.1 Å². The Morgan fingerprint density at radius 3 is 2.45 bits per heavy atom. The summed E-state index contributed by atoms with van der Waals surface area (Å²) >= 11 is 4.64. The first-order chi connectivity index (χ1) is 9.12. The molecule has 1 amide bonds. The molecule has 0 saturated heterocycles. The molecule has 1 unspecified atom stereocenters. The summed E-state index contributed by atoms with van der Waals surface area (Å²) in [6.07, 6.45) is -4.62. The fourth-order valence-corrected chi connectivity index (χ4v) is 1.45. The van der Waals surface area contributed by atoms with Crippen molar-refractivity contribution in [3.63, 3.8) is 0 Å². The normalized spacial score (nSPS) is 12.8. The van der Waals surface area contributed by atoms with Gasteiger partial charge in [-0.05, 0) is 18.2 Å². The molecule has 0 aromatic heterocycles. The van der Waals surface area contributed by atoms with Gasteiger partial charge in [0.1, 0.15) is 10.7 Å². The summed E-state index contributed by atoms with van der Waals surface area (Å²) < 4.78 is 43.8. The van der Waals surface area contributed by atoms with Gasteiger partial charge in [0, 0.05) is 5.56 Å². The van der Waals surface area contributed by atoms with Crippen molar-refractivity contribution in [3.05, 3.63) is 29.3 Å². The van der Waals surface area contributed by atoms with E-state index in [9.17, 15) is 18.0 Å². The van der Waals surface area contributed by atoms with Crippen molar-refractivity contribution in [1.82, 2.24) is 0 Å². The molecule has 0 aliphatic rings. The molecule has 8 heteroatoms. The number of hydrogen-bond acceptors (Lipinski definition) is 3. The minimum absolute atomic E-state index is 0.0858. The number of nitrogens with two attached hydrogens (primary N) is 2. The average molecular weight is 306 g/mol. The van der Waals surface area contributed by atoms with Gasteiger partial charge < -0.3 is 16.2 Å². The highest BCUT2D eigenvalue weighted by atomic mass is 32.1. The maximum atomic E-state index is 12.9. The summed E-state index contributed by atoms with van der Waals surface area (Å²) in [5.41, 5.74) is 9.40. The number of carbonyl (C=O) groups excluding carboxylic acids is 1. The van der Waals surface area contributed by atoms with Crippen LogP contribution in [0.25, 0.3) is 0 Å². The molecule has 1 aromatic rings. The van der Waals surface area contributed by atoms with Crippen LogP contribution in [0.5, 0.6) is 5.75 Å². The Labute approximate surface area is 118 Å². The maximum absolute atomic E-state index is 12.9. The predicted octanol–water partition coefficient (Wildman–Crippen LogP) is 1.84. The molecule has 1 atom stereocenters. The maximum Gasteiger partial charge on any atom is 0.419 e. The van der Waals surface area contributed by atoms with E-state index < -0.39 is 29.3 Å². The summed E-state index contributed by atoms with van der Waals surface area (Å²) in [5.74, 6) is -1.75. The zero-order chi connectivity index (χ0) is 15.5. The van der Waals surface area contributed by atoms with E-state index in [1.165, 1.54) is 13.0 Å². The monoisotopic (exact) mass is 306 g/mol. The van der Waals surface area contributed by atoms with Crippen LogP contribution in [0.1, 0.15) is 18.1 Å². The molecule has 0 heterocycles. The Bertz CT molecular complexity index is 532. The van der Waals surface area contributed by atoms with Crippen LogP contribution in [-0.4, -0.2) is 17.5 Å². The number of amides is 1. The summed E-state index contributed by atoms with van der Waals surface area (Å²) in [5, 5.41) is 0. The van der Waals surface area contributed by atoms with Gasteiger partial charge in [0.25, 0.3) is 0 Å². The molecule has 4 nitrogen and oxygen atoms in total. The summed E-state index contributed by atoms with van der Waals surface area (Å²) in [6, 6.07) is 3.25. The number of halogens is 3. The van der Waals surface area contributed by atoms with Gasteiger partial charge >= 0.3 is 6.18 Å². The van der Waals surface area contributed by atoms with Gasteiger partial charge in [0.15, 0.2) is 0 Å². The van der Waals surface area contributed by atoms with Gasteiger partial charge in [-0.1, -0.05) is 19.1 Å². The number of carbonyl (C=O) groups is 1. The van der Waals surface area contributed by atoms with Crippen LogP contribution in [0.15, 0.2) is 18.2 Å². The van der Waals surface area contributed by atoms with Gasteiger partial charge in [0.2, 0.25) is 5.91 Å². The van der Waals surface area contributed by atoms with Crippen molar-refractivity contribution >= 4 is 23.1 Å². The van der Waals surface area contributed by atoms with Gasteiger partial charge in [-0.2, -0.15) is 13.2 Å². The third-order valence-corrected chi connectivity index (χ3v) is 2.78. The standard InChI is InChI=1S/C12H13F3N2O2S/c1-6(10(16)18)5-19-9-3-2-7(11(17)20)4-8(9)12(13,14)15/h2-4,6H,5H2,1H3,(H2,16,18)(H2,17,20). The predicted molar refractivity (Wildman–Crippen MR) is 71.2 cm³/mol. The van der Waals surface area contributed by atoms with E-state index in [1.807, 2.05) is 0 Å². The summed E-state index contributed by atoms with van der Waals surface area (Å²) in [7, 11) is 0. The fraction of sp³-hybridized carbons (Fsp3) is 0.333. The van der Waals surface area contributed by atoms with Crippen molar-refractivity contribution in [2.45, 2.75) is 13.1 Å². The molecule has 0 bridgehead atoms. The van der Waals surface area contributed by atoms with Gasteiger partial charge in [-0.25, -0.2) is 0 Å². The highest BCUT2D eigenvalue weighted by molar-refractivity contribution is 7.80. The molecule has 0 fully saturated rings. The quantitative estimate of drug-likeness (QED) is 0.814. The Morgan fingerprint density at radius 2 is 2.00 bits per heavy atom. The lowest BCUT2D eigenvalue weighted by Gasteiger charge is -2.16. The van der Waals surface area contributed by atoms with Crippen LogP contribution >= 0.6 is 12.2 Å². The van der Waals surface area contributed by atoms with E-state index in [0.717, 1.165) is 12.1 Å². The Hall–Kier alpha value is -1.83. The minimum Gasteiger partial charge on any atom is -0.492 e. The van der Waals surface area contributed by atoms with Crippen LogP contribution in [0.2, 0.25) is 0 Å². The molecular formula is C12H13F3N2O2S. The van der Waals surface area contributed by atoms with Crippen LogP contribution in [0, 0.1) is 5.92 Å². The highest BCUT2D eigenvalue weighted by Crippen LogP contribution is 2.37. The molecule has 0 saturated carbocycles. The van der Waals surface area contributed by atoms with Crippen molar-refractivity contribution in [2.24, 2.45) is 17.4 Å². The largest absolute Gasteiger partial charge is 0.492 e. The average Bonchev–Trinajstić information content (AvgIpc) is 2.34. The van der Waals surface area contributed by atoms with Crippen molar-refractivity contribution in [2.75, 3.05) is 6.61 Å². The van der Waals surface area contributed by atoms with Crippen molar-refractivity contribution < 1.29 is 22.7 Å². The Balaban J connectivity index is 3.07. The lowest BCUT2D eigenvalue weighted by atomic mass is 10.1. The molecule has 0 spiro atoms. The number of benzene rings is 1. The Morgan fingerprint density at radius 1 is 1.40 bits per heavy atom. The first-order valence-electron chi connectivity index (χ1n) is 5.56. The van der Waals surface area contributed by atoms with Crippen LogP contribution < -0.4 is 16.2 Å².